The van der Waals surface area contributed by atoms with Crippen molar-refractivity contribution in [1.82, 2.24) is 4.90 Å². The lowest BCUT2D eigenvalue weighted by Crippen LogP contribution is -2.56. The highest BCUT2D eigenvalue weighted by atomic mass is 28.4. The van der Waals surface area contributed by atoms with Crippen LogP contribution in [0.3, 0.4) is 0 Å². The second kappa shape index (κ2) is 6.20. The number of amides is 1. The van der Waals surface area contributed by atoms with Gasteiger partial charge in [-0.2, -0.15) is 0 Å². The van der Waals surface area contributed by atoms with Crippen LogP contribution in [0, 0.1) is 0 Å². The van der Waals surface area contributed by atoms with Crippen LogP contribution in [0.25, 0.3) is 0 Å². The molecule has 0 N–H and O–H groups in total. The molecule has 1 fully saturated rings. The topological polar surface area (TPSA) is 38.8 Å². The first-order valence-corrected chi connectivity index (χ1v) is 10.7. The van der Waals surface area contributed by atoms with E-state index in [4.69, 9.17) is 9.16 Å². The molecule has 1 heterocycles. The van der Waals surface area contributed by atoms with E-state index in [-0.39, 0.29) is 25.9 Å². The van der Waals surface area contributed by atoms with E-state index in [1.54, 1.807) is 20.8 Å². The molecule has 0 aliphatic carbocycles. The third kappa shape index (κ3) is 5.54. The van der Waals surface area contributed by atoms with Crippen LogP contribution in [0.2, 0.25) is 19.6 Å². The largest absolute Gasteiger partial charge is 0.444 e. The van der Waals surface area contributed by atoms with Gasteiger partial charge in [-0.15, -0.1) is 0 Å². The molecule has 1 aliphatic rings. The number of ether oxygens (including phenoxy) is 1. The van der Waals surface area contributed by atoms with Gasteiger partial charge in [0.15, 0.2) is 8.32 Å². The van der Waals surface area contributed by atoms with Crippen LogP contribution in [0.15, 0.2) is 0 Å². The van der Waals surface area contributed by atoms with Crippen LogP contribution < -0.4 is 0 Å². The van der Waals surface area contributed by atoms with Gasteiger partial charge in [0, 0.05) is 13.1 Å². The molecule has 7 heteroatoms. The molecule has 124 valence electrons. The van der Waals surface area contributed by atoms with Crippen LogP contribution in [-0.4, -0.2) is 50.0 Å². The molecule has 1 amide bonds. The summed E-state index contributed by atoms with van der Waals surface area (Å²) < 4.78 is 38.0. The van der Waals surface area contributed by atoms with Gasteiger partial charge >= 0.3 is 6.09 Å². The minimum atomic E-state index is -2.54. The van der Waals surface area contributed by atoms with Crippen molar-refractivity contribution in [2.45, 2.75) is 70.9 Å². The van der Waals surface area contributed by atoms with Crippen molar-refractivity contribution >= 4 is 14.4 Å². The van der Waals surface area contributed by atoms with Gasteiger partial charge in [-0.25, -0.2) is 13.6 Å². The van der Waals surface area contributed by atoms with E-state index in [1.807, 2.05) is 19.6 Å². The van der Waals surface area contributed by atoms with Crippen LogP contribution in [-0.2, 0) is 9.16 Å². The fourth-order valence-corrected chi connectivity index (χ4v) is 3.88. The Balaban J connectivity index is 2.69. The average Bonchev–Trinajstić information content (AvgIpc) is 2.24. The zero-order valence-electron chi connectivity index (χ0n) is 13.8. The van der Waals surface area contributed by atoms with Gasteiger partial charge in [0.2, 0.25) is 0 Å². The highest BCUT2D eigenvalue weighted by Crippen LogP contribution is 2.35. The van der Waals surface area contributed by atoms with E-state index in [2.05, 4.69) is 0 Å². The van der Waals surface area contributed by atoms with Crippen molar-refractivity contribution in [3.05, 3.63) is 0 Å². The van der Waals surface area contributed by atoms with E-state index >= 15 is 0 Å². The number of rotatable bonds is 3. The molecule has 0 aromatic carbocycles. The Morgan fingerprint density at radius 3 is 2.00 bits per heavy atom. The third-order valence-corrected chi connectivity index (χ3v) is 4.19. The normalized spacial score (nSPS) is 19.8. The van der Waals surface area contributed by atoms with E-state index in [9.17, 15) is 13.6 Å². The molecule has 0 aromatic heterocycles. The molecular weight excluding hydrogens is 296 g/mol. The molecule has 4 nitrogen and oxygen atoms in total. The number of carbonyl (C=O) groups excluding carboxylic acids is 1. The van der Waals surface area contributed by atoms with Crippen molar-refractivity contribution in [1.29, 1.82) is 0 Å². The van der Waals surface area contributed by atoms with Gasteiger partial charge in [0.25, 0.3) is 6.43 Å². The van der Waals surface area contributed by atoms with Crippen molar-refractivity contribution < 1.29 is 22.7 Å². The molecule has 1 rings (SSSR count). The first-order chi connectivity index (χ1) is 9.35. The molecule has 0 radical (unpaired) electrons. The molecular formula is C14H27F2NO3Si. The first kappa shape index (κ1) is 18.4. The molecule has 0 aromatic rings. The summed E-state index contributed by atoms with van der Waals surface area (Å²) in [7, 11) is -2.08. The Labute approximate surface area is 126 Å². The maximum atomic E-state index is 13.5. The number of piperidine rings is 1. The predicted molar refractivity (Wildman–Crippen MR) is 80.2 cm³/mol. The number of likely N-dealkylation sites (tertiary alicyclic amines) is 1. The molecule has 0 bridgehead atoms. The number of halogens is 2. The van der Waals surface area contributed by atoms with Gasteiger partial charge in [0.1, 0.15) is 11.2 Å². The number of nitrogens with zero attached hydrogens (tertiary/aromatic N) is 1. The highest BCUT2D eigenvalue weighted by molar-refractivity contribution is 6.69. The van der Waals surface area contributed by atoms with Gasteiger partial charge in [-0.1, -0.05) is 0 Å². The maximum absolute atomic E-state index is 13.5. The van der Waals surface area contributed by atoms with Crippen molar-refractivity contribution in [2.24, 2.45) is 0 Å². The number of hydrogen-bond donors (Lipinski definition) is 0. The lowest BCUT2D eigenvalue weighted by atomic mass is 9.92. The summed E-state index contributed by atoms with van der Waals surface area (Å²) in [4.78, 5) is 13.4. The highest BCUT2D eigenvalue weighted by Gasteiger charge is 2.47. The molecule has 1 saturated heterocycles. The van der Waals surface area contributed by atoms with Crippen molar-refractivity contribution in [3.8, 4) is 0 Å². The Morgan fingerprint density at radius 2 is 1.67 bits per heavy atom. The van der Waals surface area contributed by atoms with Gasteiger partial charge in [0.05, 0.1) is 0 Å². The predicted octanol–water partition coefficient (Wildman–Crippen LogP) is 3.87. The van der Waals surface area contributed by atoms with Crippen LogP contribution in [0.4, 0.5) is 13.6 Å². The standard InChI is InChI=1S/C14H27F2NO3Si/c1-13(2,3)19-12(18)17-9-7-14(8-10-17,11(15)16)20-21(4,5)6/h11H,7-10H2,1-6H3. The Hall–Kier alpha value is -0.693. The minimum Gasteiger partial charge on any atom is -0.444 e. The molecule has 21 heavy (non-hydrogen) atoms. The smallest absolute Gasteiger partial charge is 0.410 e. The summed E-state index contributed by atoms with van der Waals surface area (Å²) >= 11 is 0. The van der Waals surface area contributed by atoms with E-state index in [0.717, 1.165) is 0 Å². The Bertz CT molecular complexity index is 369. The first-order valence-electron chi connectivity index (χ1n) is 7.31. The molecule has 0 unspecified atom stereocenters. The summed E-state index contributed by atoms with van der Waals surface area (Å²) in [5, 5.41) is 0. The fourth-order valence-electron chi connectivity index (χ4n) is 2.37. The Morgan fingerprint density at radius 1 is 1.19 bits per heavy atom. The second-order valence-corrected chi connectivity index (χ2v) is 12.0. The maximum Gasteiger partial charge on any atom is 0.410 e. The quantitative estimate of drug-likeness (QED) is 0.740. The summed E-state index contributed by atoms with van der Waals surface area (Å²) in [6.07, 6.45) is -2.69. The molecule has 0 atom stereocenters. The summed E-state index contributed by atoms with van der Waals surface area (Å²) in [5.41, 5.74) is -1.99. The van der Waals surface area contributed by atoms with E-state index in [1.165, 1.54) is 4.90 Å². The molecule has 1 aliphatic heterocycles. The minimum absolute atomic E-state index is 0.147. The van der Waals surface area contributed by atoms with Gasteiger partial charge in [-0.05, 0) is 53.3 Å². The van der Waals surface area contributed by atoms with Crippen molar-refractivity contribution in [3.63, 3.8) is 0 Å². The number of alkyl halides is 2. The lowest BCUT2D eigenvalue weighted by Gasteiger charge is -2.44. The second-order valence-electron chi connectivity index (χ2n) is 7.55. The molecule has 0 spiro atoms. The van der Waals surface area contributed by atoms with Gasteiger partial charge in [-0.3, -0.25) is 0 Å². The van der Waals surface area contributed by atoms with Gasteiger partial charge < -0.3 is 14.1 Å². The summed E-state index contributed by atoms with van der Waals surface area (Å²) in [5.74, 6) is 0. The summed E-state index contributed by atoms with van der Waals surface area (Å²) in [6.45, 7) is 11.5. The average molecular weight is 323 g/mol. The monoisotopic (exact) mass is 323 g/mol. The van der Waals surface area contributed by atoms with Crippen LogP contribution in [0.1, 0.15) is 33.6 Å². The molecule has 0 saturated carbocycles. The number of carbonyl (C=O) groups is 1. The third-order valence-electron chi connectivity index (χ3n) is 3.17. The van der Waals surface area contributed by atoms with Crippen molar-refractivity contribution in [2.75, 3.05) is 13.1 Å². The fraction of sp³-hybridized carbons (Fsp3) is 0.929. The van der Waals surface area contributed by atoms with Crippen LogP contribution >= 0.6 is 0 Å². The van der Waals surface area contributed by atoms with E-state index in [0.29, 0.717) is 0 Å². The number of hydrogen-bond acceptors (Lipinski definition) is 3. The summed E-state index contributed by atoms with van der Waals surface area (Å²) in [6, 6.07) is 0. The zero-order valence-corrected chi connectivity index (χ0v) is 14.8. The zero-order chi connectivity index (χ0) is 16.5. The van der Waals surface area contributed by atoms with Crippen LogP contribution in [0.5, 0.6) is 0 Å². The van der Waals surface area contributed by atoms with E-state index < -0.39 is 32.0 Å². The lowest BCUT2D eigenvalue weighted by molar-refractivity contribution is -0.113. The Kier molecular flexibility index (Phi) is 5.42. The SMILES string of the molecule is CC(C)(C)OC(=O)N1CCC(O[Si](C)(C)C)(C(F)F)CC1.